The molecule has 1 fully saturated rings. The molecule has 4 nitrogen and oxygen atoms in total. The fourth-order valence-corrected chi connectivity index (χ4v) is 2.14. The van der Waals surface area contributed by atoms with E-state index < -0.39 is 5.97 Å². The highest BCUT2D eigenvalue weighted by atomic mass is 16.4. The van der Waals surface area contributed by atoms with Crippen LogP contribution in [-0.2, 0) is 6.54 Å². The van der Waals surface area contributed by atoms with Gasteiger partial charge in [-0.15, -0.1) is 0 Å². The highest BCUT2D eigenvalue weighted by Gasteiger charge is 2.44. The van der Waals surface area contributed by atoms with Gasteiger partial charge in [-0.25, -0.2) is 4.79 Å². The van der Waals surface area contributed by atoms with Gasteiger partial charge in [0.05, 0.1) is 6.54 Å². The maximum absolute atomic E-state index is 10.8. The van der Waals surface area contributed by atoms with Crippen molar-refractivity contribution in [2.24, 2.45) is 11.3 Å². The van der Waals surface area contributed by atoms with Crippen LogP contribution in [0.25, 0.3) is 0 Å². The number of carbonyl (C=O) groups is 1. The largest absolute Gasteiger partial charge is 0.475 e. The van der Waals surface area contributed by atoms with Crippen molar-refractivity contribution in [3.05, 3.63) is 23.2 Å². The van der Waals surface area contributed by atoms with Gasteiger partial charge in [-0.1, -0.05) is 13.8 Å². The number of furan rings is 1. The van der Waals surface area contributed by atoms with Crippen LogP contribution in [0.1, 0.15) is 42.1 Å². The third-order valence-corrected chi connectivity index (χ3v) is 3.57. The summed E-state index contributed by atoms with van der Waals surface area (Å²) in [6.07, 6.45) is 1.26. The van der Waals surface area contributed by atoms with Gasteiger partial charge in [0, 0.05) is 5.56 Å². The Hall–Kier alpha value is -1.29. The second-order valence-electron chi connectivity index (χ2n) is 5.55. The minimum Gasteiger partial charge on any atom is -0.475 e. The van der Waals surface area contributed by atoms with E-state index in [1.165, 1.54) is 6.42 Å². The van der Waals surface area contributed by atoms with Crippen LogP contribution in [0, 0.1) is 18.3 Å². The molecule has 1 saturated carbocycles. The number of carboxylic acid groups (broad SMARTS) is 1. The third-order valence-electron chi connectivity index (χ3n) is 3.57. The van der Waals surface area contributed by atoms with E-state index in [-0.39, 0.29) is 5.76 Å². The third kappa shape index (κ3) is 2.69. The molecule has 1 unspecified atom stereocenters. The predicted molar refractivity (Wildman–Crippen MR) is 64.0 cm³/mol. The van der Waals surface area contributed by atoms with Crippen molar-refractivity contribution in [1.82, 2.24) is 5.32 Å². The summed E-state index contributed by atoms with van der Waals surface area (Å²) in [6, 6.07) is 1.79. The van der Waals surface area contributed by atoms with Crippen molar-refractivity contribution in [1.29, 1.82) is 0 Å². The van der Waals surface area contributed by atoms with Crippen molar-refractivity contribution in [3.63, 3.8) is 0 Å². The Morgan fingerprint density at radius 2 is 2.29 bits per heavy atom. The first kappa shape index (κ1) is 12.2. The van der Waals surface area contributed by atoms with Gasteiger partial charge in [0.25, 0.3) is 0 Å². The number of aryl methyl sites for hydroxylation is 1. The lowest BCUT2D eigenvalue weighted by Gasteiger charge is -2.04. The highest BCUT2D eigenvalue weighted by molar-refractivity contribution is 5.86. The molecule has 1 aromatic heterocycles. The molecule has 0 saturated heterocycles. The SMILES string of the molecule is Cc1cc(CNCC2CC2(C)C)oc1C(=O)O. The van der Waals surface area contributed by atoms with Gasteiger partial charge in [0.1, 0.15) is 5.76 Å². The quantitative estimate of drug-likeness (QED) is 0.825. The summed E-state index contributed by atoms with van der Waals surface area (Å²) in [7, 11) is 0. The maximum Gasteiger partial charge on any atom is 0.372 e. The molecule has 0 amide bonds. The van der Waals surface area contributed by atoms with Gasteiger partial charge in [-0.2, -0.15) is 0 Å². The fourth-order valence-electron chi connectivity index (χ4n) is 2.14. The van der Waals surface area contributed by atoms with Crippen molar-refractivity contribution in [2.45, 2.75) is 33.7 Å². The topological polar surface area (TPSA) is 62.5 Å². The van der Waals surface area contributed by atoms with Crippen LogP contribution >= 0.6 is 0 Å². The number of hydrogen-bond donors (Lipinski definition) is 2. The van der Waals surface area contributed by atoms with Crippen molar-refractivity contribution < 1.29 is 14.3 Å². The van der Waals surface area contributed by atoms with E-state index >= 15 is 0 Å². The Labute approximate surface area is 101 Å². The first-order valence-corrected chi connectivity index (χ1v) is 5.93. The van der Waals surface area contributed by atoms with E-state index in [0.717, 1.165) is 12.5 Å². The molecular weight excluding hydrogens is 218 g/mol. The molecule has 0 aliphatic heterocycles. The molecule has 1 atom stereocenters. The summed E-state index contributed by atoms with van der Waals surface area (Å²) in [5.74, 6) is 0.474. The second kappa shape index (κ2) is 4.18. The Kier molecular flexibility index (Phi) is 3.00. The molecule has 1 heterocycles. The lowest BCUT2D eigenvalue weighted by atomic mass is 10.1. The van der Waals surface area contributed by atoms with Crippen molar-refractivity contribution in [2.75, 3.05) is 6.54 Å². The Morgan fingerprint density at radius 1 is 1.65 bits per heavy atom. The lowest BCUT2D eigenvalue weighted by molar-refractivity contribution is 0.0659. The molecule has 0 radical (unpaired) electrons. The van der Waals surface area contributed by atoms with Crippen LogP contribution in [0.4, 0.5) is 0 Å². The minimum atomic E-state index is -1.00. The van der Waals surface area contributed by atoms with E-state index in [9.17, 15) is 4.79 Å². The molecule has 1 aliphatic carbocycles. The zero-order valence-electron chi connectivity index (χ0n) is 10.5. The summed E-state index contributed by atoms with van der Waals surface area (Å²) in [5.41, 5.74) is 1.15. The Balaban J connectivity index is 1.83. The van der Waals surface area contributed by atoms with E-state index in [4.69, 9.17) is 9.52 Å². The summed E-state index contributed by atoms with van der Waals surface area (Å²) in [6.45, 7) is 7.84. The average molecular weight is 237 g/mol. The number of hydrogen-bond acceptors (Lipinski definition) is 3. The van der Waals surface area contributed by atoms with Crippen LogP contribution in [0.5, 0.6) is 0 Å². The van der Waals surface area contributed by atoms with Crippen LogP contribution in [-0.4, -0.2) is 17.6 Å². The van der Waals surface area contributed by atoms with Gasteiger partial charge in [0.15, 0.2) is 0 Å². The first-order valence-electron chi connectivity index (χ1n) is 5.93. The first-order chi connectivity index (χ1) is 7.90. The fraction of sp³-hybridized carbons (Fsp3) is 0.615. The monoisotopic (exact) mass is 237 g/mol. The lowest BCUT2D eigenvalue weighted by Crippen LogP contribution is -2.17. The van der Waals surface area contributed by atoms with Crippen LogP contribution in [0.3, 0.4) is 0 Å². The number of aromatic carboxylic acids is 1. The van der Waals surface area contributed by atoms with Gasteiger partial charge in [-0.3, -0.25) is 0 Å². The minimum absolute atomic E-state index is 0.0496. The van der Waals surface area contributed by atoms with E-state index in [2.05, 4.69) is 19.2 Å². The van der Waals surface area contributed by atoms with Gasteiger partial charge >= 0.3 is 5.97 Å². The molecule has 0 aromatic carbocycles. The number of carboxylic acids is 1. The predicted octanol–water partition coefficient (Wildman–Crippen LogP) is 2.42. The van der Waals surface area contributed by atoms with Crippen LogP contribution in [0.15, 0.2) is 10.5 Å². The average Bonchev–Trinajstić information content (AvgIpc) is 2.66. The number of rotatable bonds is 5. The Bertz CT molecular complexity index is 434. The highest BCUT2D eigenvalue weighted by Crippen LogP contribution is 2.50. The van der Waals surface area contributed by atoms with Crippen LogP contribution < -0.4 is 5.32 Å². The number of nitrogens with one attached hydrogen (secondary N) is 1. The van der Waals surface area contributed by atoms with Gasteiger partial charge in [-0.05, 0) is 37.3 Å². The molecule has 0 bridgehead atoms. The summed E-state index contributed by atoms with van der Waals surface area (Å²) >= 11 is 0. The molecule has 1 aliphatic rings. The van der Waals surface area contributed by atoms with Crippen LogP contribution in [0.2, 0.25) is 0 Å². The van der Waals surface area contributed by atoms with E-state index in [1.54, 1.807) is 13.0 Å². The molecule has 0 spiro atoms. The van der Waals surface area contributed by atoms with E-state index in [1.807, 2.05) is 0 Å². The Morgan fingerprint density at radius 3 is 2.76 bits per heavy atom. The summed E-state index contributed by atoms with van der Waals surface area (Å²) in [4.78, 5) is 10.8. The van der Waals surface area contributed by atoms with Gasteiger partial charge < -0.3 is 14.8 Å². The molecule has 1 aromatic rings. The van der Waals surface area contributed by atoms with Gasteiger partial charge in [0.2, 0.25) is 5.76 Å². The smallest absolute Gasteiger partial charge is 0.372 e. The molecule has 94 valence electrons. The molecule has 2 rings (SSSR count). The normalized spacial score (nSPS) is 21.5. The molecule has 17 heavy (non-hydrogen) atoms. The summed E-state index contributed by atoms with van der Waals surface area (Å²) < 4.78 is 5.27. The summed E-state index contributed by atoms with van der Waals surface area (Å²) in [5, 5.41) is 12.2. The zero-order valence-corrected chi connectivity index (χ0v) is 10.5. The van der Waals surface area contributed by atoms with E-state index in [0.29, 0.717) is 23.3 Å². The van der Waals surface area contributed by atoms with Crippen molar-refractivity contribution in [3.8, 4) is 0 Å². The molecule has 4 heteroatoms. The standard InChI is InChI=1S/C13H19NO3/c1-8-4-10(17-11(8)12(15)16)7-14-6-9-5-13(9,2)3/h4,9,14H,5-7H2,1-3H3,(H,15,16). The molecule has 2 N–H and O–H groups in total. The van der Waals surface area contributed by atoms with Crippen molar-refractivity contribution >= 4 is 5.97 Å². The maximum atomic E-state index is 10.8. The molecular formula is C13H19NO3. The zero-order chi connectivity index (χ0) is 12.6. The second-order valence-corrected chi connectivity index (χ2v) is 5.55.